The quantitative estimate of drug-likeness (QED) is 0.791. The van der Waals surface area contributed by atoms with E-state index in [-0.39, 0.29) is 5.60 Å². The molecule has 1 aromatic rings. The standard InChI is InChI=1S/C11H12F2O.CH5NOS/c1-11(2)4-3-7-5-8(12)9(13)6-10(7)14-11;1-4(2)3/h5-6H,3-4H2,1-2H3;2H2,1H3. The Labute approximate surface area is 108 Å². The number of ether oxygens (including phenoxy) is 1. The summed E-state index contributed by atoms with van der Waals surface area (Å²) in [4.78, 5) is 0. The van der Waals surface area contributed by atoms with Crippen LogP contribution < -0.4 is 9.88 Å². The normalized spacial score (nSPS) is 17.9. The van der Waals surface area contributed by atoms with E-state index in [1.165, 1.54) is 12.3 Å². The molecule has 0 radical (unpaired) electrons. The molecule has 0 saturated carbocycles. The minimum absolute atomic E-state index is 0.280. The maximum Gasteiger partial charge on any atom is 0.162 e. The van der Waals surface area contributed by atoms with E-state index in [4.69, 9.17) is 4.74 Å². The summed E-state index contributed by atoms with van der Waals surface area (Å²) in [6.07, 6.45) is 2.98. The largest absolute Gasteiger partial charge is 0.487 e. The van der Waals surface area contributed by atoms with E-state index >= 15 is 0 Å². The summed E-state index contributed by atoms with van der Waals surface area (Å²) in [5, 5.41) is 4.58. The highest BCUT2D eigenvalue weighted by Gasteiger charge is 2.27. The molecular weight excluding hydrogens is 260 g/mol. The van der Waals surface area contributed by atoms with Crippen molar-refractivity contribution in [1.29, 1.82) is 0 Å². The first kappa shape index (κ1) is 15.0. The molecular formula is C12H17F2NO2S. The van der Waals surface area contributed by atoms with Crippen LogP contribution in [0.2, 0.25) is 0 Å². The summed E-state index contributed by atoms with van der Waals surface area (Å²) >= 11 is 0. The maximum absolute atomic E-state index is 12.9. The molecule has 0 fully saturated rings. The van der Waals surface area contributed by atoms with Gasteiger partial charge in [0.25, 0.3) is 0 Å². The fourth-order valence-electron chi connectivity index (χ4n) is 1.64. The van der Waals surface area contributed by atoms with Gasteiger partial charge in [-0.2, -0.15) is 0 Å². The Morgan fingerprint density at radius 1 is 1.33 bits per heavy atom. The first-order valence-electron chi connectivity index (χ1n) is 5.46. The Hall–Kier alpha value is -1.01. The average Bonchev–Trinajstić information content (AvgIpc) is 2.19. The minimum Gasteiger partial charge on any atom is -0.487 e. The van der Waals surface area contributed by atoms with Crippen LogP contribution in [0.25, 0.3) is 0 Å². The van der Waals surface area contributed by atoms with Crippen molar-refractivity contribution in [3.05, 3.63) is 29.3 Å². The molecule has 3 nitrogen and oxygen atoms in total. The summed E-state index contributed by atoms with van der Waals surface area (Å²) in [6.45, 7) is 3.88. The molecule has 6 heteroatoms. The first-order chi connectivity index (χ1) is 8.21. The number of aryl methyl sites for hydroxylation is 1. The van der Waals surface area contributed by atoms with Gasteiger partial charge < -0.3 is 4.74 Å². The zero-order valence-corrected chi connectivity index (χ0v) is 11.4. The van der Waals surface area contributed by atoms with E-state index in [1.807, 2.05) is 13.8 Å². The average molecular weight is 277 g/mol. The van der Waals surface area contributed by atoms with Crippen LogP contribution in [-0.2, 0) is 17.4 Å². The van der Waals surface area contributed by atoms with Gasteiger partial charge in [0.05, 0.1) is 11.0 Å². The topological polar surface area (TPSA) is 52.3 Å². The molecule has 1 aliphatic heterocycles. The predicted octanol–water partition coefficient (Wildman–Crippen LogP) is 2.31. The van der Waals surface area contributed by atoms with Gasteiger partial charge >= 0.3 is 0 Å². The molecule has 0 bridgehead atoms. The molecule has 1 unspecified atom stereocenters. The number of hydrogen-bond acceptors (Lipinski definition) is 2. The number of hydrogen-bond donors (Lipinski definition) is 1. The summed E-state index contributed by atoms with van der Waals surface area (Å²) in [6, 6.07) is 2.35. The molecule has 0 saturated heterocycles. The molecule has 0 aromatic heterocycles. The first-order valence-corrected chi connectivity index (χ1v) is 7.08. The van der Waals surface area contributed by atoms with Crippen molar-refractivity contribution in [2.24, 2.45) is 5.14 Å². The van der Waals surface area contributed by atoms with Crippen LogP contribution in [0.1, 0.15) is 25.8 Å². The molecule has 0 aliphatic carbocycles. The number of rotatable bonds is 0. The number of nitrogens with two attached hydrogens (primary N) is 1. The second kappa shape index (κ2) is 5.75. The summed E-state index contributed by atoms with van der Waals surface area (Å²) < 4.78 is 40.7. The van der Waals surface area contributed by atoms with Crippen LogP contribution in [0.3, 0.4) is 0 Å². The lowest BCUT2D eigenvalue weighted by molar-refractivity contribution is 0.0838. The molecule has 1 heterocycles. The Balaban J connectivity index is 0.000000357. The van der Waals surface area contributed by atoms with Crippen molar-refractivity contribution in [2.75, 3.05) is 6.26 Å². The van der Waals surface area contributed by atoms with Crippen molar-refractivity contribution < 1.29 is 17.7 Å². The lowest BCUT2D eigenvalue weighted by Crippen LogP contribution is -2.32. The maximum atomic E-state index is 12.9. The zero-order valence-electron chi connectivity index (χ0n) is 10.6. The molecule has 1 aliphatic rings. The van der Waals surface area contributed by atoms with Gasteiger partial charge in [0, 0.05) is 12.3 Å². The Morgan fingerprint density at radius 3 is 2.39 bits per heavy atom. The van der Waals surface area contributed by atoms with Crippen LogP contribution in [0.15, 0.2) is 12.1 Å². The summed E-state index contributed by atoms with van der Waals surface area (Å²) in [5.74, 6) is -1.17. The highest BCUT2D eigenvalue weighted by molar-refractivity contribution is 7.81. The third-order valence-corrected chi connectivity index (χ3v) is 2.49. The molecule has 2 rings (SSSR count). The van der Waals surface area contributed by atoms with Gasteiger partial charge in [-0.25, -0.2) is 13.0 Å². The number of halogens is 2. The van der Waals surface area contributed by atoms with Gasteiger partial charge in [0.2, 0.25) is 0 Å². The lowest BCUT2D eigenvalue weighted by Gasteiger charge is -2.32. The highest BCUT2D eigenvalue weighted by Crippen LogP contribution is 2.34. The van der Waals surface area contributed by atoms with Crippen LogP contribution in [0.4, 0.5) is 8.78 Å². The summed E-state index contributed by atoms with van der Waals surface area (Å²) in [5.41, 5.74) is 0.472. The molecule has 0 spiro atoms. The van der Waals surface area contributed by atoms with Crippen LogP contribution in [0, 0.1) is 11.6 Å². The van der Waals surface area contributed by atoms with Crippen molar-refractivity contribution in [3.63, 3.8) is 0 Å². The molecule has 102 valence electrons. The van der Waals surface area contributed by atoms with Gasteiger partial charge in [0.1, 0.15) is 11.4 Å². The zero-order chi connectivity index (χ0) is 13.9. The summed E-state index contributed by atoms with van der Waals surface area (Å²) in [7, 11) is -1.11. The van der Waals surface area contributed by atoms with E-state index in [9.17, 15) is 13.0 Å². The van der Waals surface area contributed by atoms with Gasteiger partial charge in [-0.15, -0.1) is 0 Å². The van der Waals surface area contributed by atoms with Crippen LogP contribution >= 0.6 is 0 Å². The van der Waals surface area contributed by atoms with Gasteiger partial charge in [-0.3, -0.25) is 5.14 Å². The third kappa shape index (κ3) is 4.34. The fourth-order valence-corrected chi connectivity index (χ4v) is 1.64. The monoisotopic (exact) mass is 277 g/mol. The van der Waals surface area contributed by atoms with Gasteiger partial charge in [-0.05, 0) is 38.3 Å². The van der Waals surface area contributed by atoms with Gasteiger partial charge in [0.15, 0.2) is 11.6 Å². The molecule has 2 N–H and O–H groups in total. The van der Waals surface area contributed by atoms with E-state index in [0.717, 1.165) is 24.5 Å². The number of fused-ring (bicyclic) bond motifs is 1. The Morgan fingerprint density at radius 2 is 1.83 bits per heavy atom. The smallest absolute Gasteiger partial charge is 0.162 e. The van der Waals surface area contributed by atoms with Crippen molar-refractivity contribution in [1.82, 2.24) is 0 Å². The Kier molecular flexibility index (Phi) is 4.81. The predicted molar refractivity (Wildman–Crippen MR) is 67.6 cm³/mol. The van der Waals surface area contributed by atoms with Crippen molar-refractivity contribution in [3.8, 4) is 5.75 Å². The van der Waals surface area contributed by atoms with Crippen molar-refractivity contribution >= 4 is 11.0 Å². The SMILES string of the molecule is CC1(C)CCc2cc(F)c(F)cc2O1.CS(N)=O. The highest BCUT2D eigenvalue weighted by atomic mass is 32.2. The van der Waals surface area contributed by atoms with E-state index < -0.39 is 22.6 Å². The van der Waals surface area contributed by atoms with E-state index in [2.05, 4.69) is 5.14 Å². The number of benzene rings is 1. The van der Waals surface area contributed by atoms with E-state index in [0.29, 0.717) is 5.75 Å². The molecule has 1 aromatic carbocycles. The third-order valence-electron chi connectivity index (χ3n) is 2.49. The molecule has 1 atom stereocenters. The minimum atomic E-state index is -1.11. The second-order valence-corrected chi connectivity index (χ2v) is 5.73. The van der Waals surface area contributed by atoms with Crippen LogP contribution in [0.5, 0.6) is 5.75 Å². The lowest BCUT2D eigenvalue weighted by atomic mass is 9.94. The fraction of sp³-hybridized carbons (Fsp3) is 0.500. The van der Waals surface area contributed by atoms with E-state index in [1.54, 1.807) is 0 Å². The van der Waals surface area contributed by atoms with Crippen LogP contribution in [-0.4, -0.2) is 16.1 Å². The van der Waals surface area contributed by atoms with Crippen molar-refractivity contribution in [2.45, 2.75) is 32.3 Å². The Bertz CT molecular complexity index is 460. The molecule has 18 heavy (non-hydrogen) atoms. The second-order valence-electron chi connectivity index (χ2n) is 4.73. The van der Waals surface area contributed by atoms with Gasteiger partial charge in [-0.1, -0.05) is 0 Å². The molecule has 0 amide bonds.